The van der Waals surface area contributed by atoms with Crippen molar-refractivity contribution in [2.75, 3.05) is 0 Å². The van der Waals surface area contributed by atoms with Crippen molar-refractivity contribution in [3.8, 4) is 5.75 Å². The van der Waals surface area contributed by atoms with Crippen molar-refractivity contribution in [2.45, 2.75) is 0 Å². The van der Waals surface area contributed by atoms with E-state index < -0.39 is 29.0 Å². The average Bonchev–Trinajstić information content (AvgIpc) is 2.01. The van der Waals surface area contributed by atoms with Crippen molar-refractivity contribution in [3.05, 3.63) is 26.8 Å². The Labute approximate surface area is 94.9 Å². The first-order valence-electron chi connectivity index (χ1n) is 3.24. The number of benzene rings is 1. The van der Waals surface area contributed by atoms with Gasteiger partial charge < -0.3 is 4.52 Å². The highest BCUT2D eigenvalue weighted by Gasteiger charge is 2.18. The predicted octanol–water partition coefficient (Wildman–Crippen LogP) is 2.30. The first-order valence-corrected chi connectivity index (χ1v) is 7.11. The van der Waals surface area contributed by atoms with Crippen LogP contribution in [0.3, 0.4) is 0 Å². The molecule has 5 nitrogen and oxygen atoms in total. The molecule has 0 aliphatic rings. The minimum absolute atomic E-state index is 0.131. The van der Waals surface area contributed by atoms with Crippen LogP contribution in [0.5, 0.6) is 5.75 Å². The standard InChI is InChI=1S/C6H5ClIO5P/c7-4-1-2-5(8-9)6(3-4)13-14(10,11)12/h1-3H,(H2,10,11,12). The van der Waals surface area contributed by atoms with Gasteiger partial charge in [-0.2, -0.15) is 0 Å². The first kappa shape index (κ1) is 12.1. The van der Waals surface area contributed by atoms with Crippen LogP contribution < -0.4 is 4.52 Å². The van der Waals surface area contributed by atoms with E-state index in [1.54, 1.807) is 0 Å². The molecule has 14 heavy (non-hydrogen) atoms. The zero-order chi connectivity index (χ0) is 10.8. The SMILES string of the molecule is O=Ic1ccc(Cl)cc1OP(=O)(O)O. The molecular formula is C6H5ClIO5P. The number of phosphoric ester groups is 1. The minimum atomic E-state index is -4.63. The zero-order valence-electron chi connectivity index (χ0n) is 6.55. The van der Waals surface area contributed by atoms with E-state index in [0.29, 0.717) is 0 Å². The monoisotopic (exact) mass is 350 g/mol. The van der Waals surface area contributed by atoms with Gasteiger partial charge in [0.2, 0.25) is 0 Å². The summed E-state index contributed by atoms with van der Waals surface area (Å²) in [5, 5.41) is 0.259. The normalized spacial score (nSPS) is 11.4. The van der Waals surface area contributed by atoms with Crippen molar-refractivity contribution >= 4 is 40.6 Å². The molecule has 0 radical (unpaired) electrons. The Kier molecular flexibility index (Phi) is 4.03. The highest BCUT2D eigenvalue weighted by Crippen LogP contribution is 2.40. The Bertz CT molecular complexity index is 403. The second kappa shape index (κ2) is 4.67. The summed E-state index contributed by atoms with van der Waals surface area (Å²) in [4.78, 5) is 17.1. The van der Waals surface area contributed by atoms with Gasteiger partial charge in [-0.1, -0.05) is 11.6 Å². The van der Waals surface area contributed by atoms with E-state index in [9.17, 15) is 7.63 Å². The summed E-state index contributed by atoms with van der Waals surface area (Å²) in [7, 11) is -4.63. The number of rotatable bonds is 3. The highest BCUT2D eigenvalue weighted by atomic mass is 127. The first-order chi connectivity index (χ1) is 6.42. The maximum atomic E-state index is 10.7. The van der Waals surface area contributed by atoms with Gasteiger partial charge in [-0.15, -0.1) is 0 Å². The van der Waals surface area contributed by atoms with Crippen LogP contribution in [0, 0.1) is 3.57 Å². The van der Waals surface area contributed by atoms with Gasteiger partial charge in [-0.05, 0) is 12.1 Å². The molecule has 0 heterocycles. The fourth-order valence-electron chi connectivity index (χ4n) is 0.739. The maximum absolute atomic E-state index is 10.7. The molecule has 0 saturated heterocycles. The minimum Gasteiger partial charge on any atom is -0.403 e. The Morgan fingerprint density at radius 1 is 1.43 bits per heavy atom. The lowest BCUT2D eigenvalue weighted by Crippen LogP contribution is -1.92. The second-order valence-electron chi connectivity index (χ2n) is 2.23. The van der Waals surface area contributed by atoms with Gasteiger partial charge in [0.25, 0.3) is 0 Å². The van der Waals surface area contributed by atoms with Crippen molar-refractivity contribution in [1.82, 2.24) is 0 Å². The van der Waals surface area contributed by atoms with Crippen molar-refractivity contribution in [1.29, 1.82) is 0 Å². The summed E-state index contributed by atoms with van der Waals surface area (Å²) >= 11 is 4.02. The molecule has 0 bridgehead atoms. The van der Waals surface area contributed by atoms with Crippen LogP contribution in [-0.4, -0.2) is 9.79 Å². The van der Waals surface area contributed by atoms with Crippen LogP contribution >= 0.6 is 40.6 Å². The van der Waals surface area contributed by atoms with Crippen LogP contribution in [0.2, 0.25) is 5.02 Å². The van der Waals surface area contributed by atoms with Gasteiger partial charge in [0.1, 0.15) is 5.75 Å². The van der Waals surface area contributed by atoms with E-state index in [-0.39, 0.29) is 14.3 Å². The van der Waals surface area contributed by atoms with Gasteiger partial charge >= 0.3 is 7.82 Å². The van der Waals surface area contributed by atoms with E-state index >= 15 is 0 Å². The fraction of sp³-hybridized carbons (Fsp3) is 0. The summed E-state index contributed by atoms with van der Waals surface area (Å²) in [6.07, 6.45) is 0. The third-order valence-corrected chi connectivity index (χ3v) is 3.23. The lowest BCUT2D eigenvalue weighted by atomic mass is 10.3. The van der Waals surface area contributed by atoms with Gasteiger partial charge in [0, 0.05) is 11.1 Å². The molecule has 0 aliphatic carbocycles. The maximum Gasteiger partial charge on any atom is 0.524 e. The molecular weight excluding hydrogens is 345 g/mol. The third kappa shape index (κ3) is 3.62. The van der Waals surface area contributed by atoms with Crippen LogP contribution in [0.1, 0.15) is 0 Å². The van der Waals surface area contributed by atoms with Crippen LogP contribution in [-0.2, 0) is 7.63 Å². The summed E-state index contributed by atoms with van der Waals surface area (Å²) in [6, 6.07) is 4.10. The molecule has 0 unspecified atom stereocenters. The number of hydrogen-bond acceptors (Lipinski definition) is 3. The molecule has 8 heteroatoms. The Morgan fingerprint density at radius 3 is 2.57 bits per heavy atom. The van der Waals surface area contributed by atoms with Gasteiger partial charge in [0.15, 0.2) is 21.2 Å². The molecule has 0 amide bonds. The fourth-order valence-corrected chi connectivity index (χ4v) is 2.29. The van der Waals surface area contributed by atoms with Gasteiger partial charge in [-0.3, -0.25) is 12.9 Å². The summed E-state index contributed by atoms with van der Waals surface area (Å²) in [6.45, 7) is 0. The van der Waals surface area contributed by atoms with E-state index in [1.165, 1.54) is 18.2 Å². The molecule has 78 valence electrons. The third-order valence-electron chi connectivity index (χ3n) is 1.19. The van der Waals surface area contributed by atoms with Crippen molar-refractivity contribution in [3.63, 3.8) is 0 Å². The van der Waals surface area contributed by atoms with Gasteiger partial charge in [-0.25, -0.2) is 4.57 Å². The molecule has 0 saturated carbocycles. The smallest absolute Gasteiger partial charge is 0.403 e. The van der Waals surface area contributed by atoms with Crippen molar-refractivity contribution < 1.29 is 21.9 Å². The van der Waals surface area contributed by atoms with E-state index in [2.05, 4.69) is 4.52 Å². The number of hydrogen-bond donors (Lipinski definition) is 2. The predicted molar refractivity (Wildman–Crippen MR) is 57.5 cm³/mol. The quantitative estimate of drug-likeness (QED) is 0.645. The highest BCUT2D eigenvalue weighted by molar-refractivity contribution is 14.1. The molecule has 0 aliphatic heterocycles. The van der Waals surface area contributed by atoms with Crippen LogP contribution in [0.25, 0.3) is 0 Å². The van der Waals surface area contributed by atoms with Gasteiger partial charge in [0.05, 0.1) is 3.57 Å². The lowest BCUT2D eigenvalue weighted by molar-refractivity contribution is 0.282. The molecule has 0 atom stereocenters. The largest absolute Gasteiger partial charge is 0.524 e. The second-order valence-corrected chi connectivity index (χ2v) is 5.44. The van der Waals surface area contributed by atoms with Crippen LogP contribution in [0.15, 0.2) is 18.2 Å². The number of halogens is 2. The lowest BCUT2D eigenvalue weighted by Gasteiger charge is -2.07. The number of phosphoric acid groups is 1. The topological polar surface area (TPSA) is 83.8 Å². The van der Waals surface area contributed by atoms with E-state index in [4.69, 9.17) is 21.4 Å². The van der Waals surface area contributed by atoms with Crippen molar-refractivity contribution in [2.24, 2.45) is 0 Å². The Hall–Kier alpha value is -0.0100. The Balaban J connectivity index is 3.11. The molecule has 0 aromatic heterocycles. The molecule has 1 aromatic carbocycles. The van der Waals surface area contributed by atoms with E-state index in [1.807, 2.05) is 0 Å². The zero-order valence-corrected chi connectivity index (χ0v) is 10.4. The molecule has 0 fully saturated rings. The summed E-state index contributed by atoms with van der Waals surface area (Å²) < 4.78 is 25.8. The van der Waals surface area contributed by atoms with E-state index in [0.717, 1.165) is 0 Å². The average molecular weight is 350 g/mol. The summed E-state index contributed by atoms with van der Waals surface area (Å²) in [5.74, 6) is -0.131. The molecule has 0 spiro atoms. The summed E-state index contributed by atoms with van der Waals surface area (Å²) in [5.41, 5.74) is 0. The molecule has 2 N–H and O–H groups in total. The van der Waals surface area contributed by atoms with Crippen LogP contribution in [0.4, 0.5) is 0 Å². The Morgan fingerprint density at radius 2 is 2.07 bits per heavy atom. The molecule has 1 rings (SSSR count). The molecule has 1 aromatic rings.